The van der Waals surface area contributed by atoms with Crippen molar-refractivity contribution in [1.29, 1.82) is 0 Å². The Morgan fingerprint density at radius 3 is 1.17 bits per heavy atom. The van der Waals surface area contributed by atoms with Gasteiger partial charge < -0.3 is 8.83 Å². The average molecular weight is 583 g/mol. The van der Waals surface area contributed by atoms with Crippen LogP contribution < -0.4 is 0 Å². The molecule has 0 fully saturated rings. The lowest BCUT2D eigenvalue weighted by Gasteiger charge is -2.01. The molecule has 0 saturated heterocycles. The van der Waals surface area contributed by atoms with Gasteiger partial charge in [0.05, 0.1) is 9.79 Å². The molecule has 0 radical (unpaired) electrons. The largest absolute Gasteiger partial charge is 0.437 e. The summed E-state index contributed by atoms with van der Waals surface area (Å²) in [6, 6.07) is 2.37. The van der Waals surface area contributed by atoms with E-state index < -0.39 is 94.0 Å². The molecule has 16 nitrogen and oxygen atoms in total. The van der Waals surface area contributed by atoms with Crippen molar-refractivity contribution in [3.05, 3.63) is 36.0 Å². The Morgan fingerprint density at radius 2 is 0.889 bits per heavy atom. The number of nitrogens with zero attached hydrogens (tertiary/aromatic N) is 2. The van der Waals surface area contributed by atoms with E-state index in [2.05, 4.69) is 9.97 Å². The molecule has 2 aromatic heterocycles. The number of hydrogen-bond acceptors (Lipinski definition) is 12. The summed E-state index contributed by atoms with van der Waals surface area (Å²) in [7, 11) is -19.9. The van der Waals surface area contributed by atoms with Crippen LogP contribution in [0.2, 0.25) is 0 Å². The molecule has 36 heavy (non-hydrogen) atoms. The van der Waals surface area contributed by atoms with Gasteiger partial charge in [0.15, 0.2) is 11.2 Å². The first-order chi connectivity index (χ1) is 16.3. The maximum absolute atomic E-state index is 11.6. The first-order valence-corrected chi connectivity index (χ1v) is 14.6. The van der Waals surface area contributed by atoms with E-state index in [0.717, 1.165) is 24.3 Å². The molecule has 0 bridgehead atoms. The first-order valence-electron chi connectivity index (χ1n) is 8.81. The fourth-order valence-corrected chi connectivity index (χ4v) is 5.49. The van der Waals surface area contributed by atoms with Crippen LogP contribution in [-0.2, 0) is 40.5 Å². The van der Waals surface area contributed by atoms with Crippen molar-refractivity contribution in [2.75, 3.05) is 0 Å². The van der Waals surface area contributed by atoms with Gasteiger partial charge in [-0.3, -0.25) is 18.2 Å². The molecule has 4 aromatic rings. The molecule has 0 unspecified atom stereocenters. The number of benzene rings is 2. The number of oxazole rings is 2. The monoisotopic (exact) mass is 582 g/mol. The fourth-order valence-electron chi connectivity index (χ4n) is 2.96. The molecule has 192 valence electrons. The zero-order valence-electron chi connectivity index (χ0n) is 16.9. The van der Waals surface area contributed by atoms with Crippen LogP contribution in [0.1, 0.15) is 11.8 Å². The van der Waals surface area contributed by atoms with Gasteiger partial charge >= 0.3 is 0 Å². The maximum atomic E-state index is 11.6. The van der Waals surface area contributed by atoms with E-state index >= 15 is 0 Å². The summed E-state index contributed by atoms with van der Waals surface area (Å²) in [5.41, 5.74) is -1.95. The lowest BCUT2D eigenvalue weighted by molar-refractivity contribution is 0.477. The van der Waals surface area contributed by atoms with Crippen molar-refractivity contribution in [1.82, 2.24) is 9.97 Å². The molecule has 2 aromatic carbocycles. The highest BCUT2D eigenvalue weighted by molar-refractivity contribution is 7.87. The Bertz CT molecular complexity index is 1890. The number of rotatable bonds is 6. The van der Waals surface area contributed by atoms with Crippen LogP contribution in [0.3, 0.4) is 0 Å². The lowest BCUT2D eigenvalue weighted by Crippen LogP contribution is -2.04. The summed E-state index contributed by atoms with van der Waals surface area (Å²) in [4.78, 5) is 3.76. The Kier molecular flexibility index (Phi) is 5.84. The predicted molar refractivity (Wildman–Crippen MR) is 116 cm³/mol. The molecular weight excluding hydrogens is 572 g/mol. The van der Waals surface area contributed by atoms with Crippen LogP contribution >= 0.6 is 0 Å². The smallest absolute Gasteiger partial charge is 0.296 e. The molecule has 4 N–H and O–H groups in total. The fraction of sp³-hybridized carbons (Fsp3) is 0. The number of hydrogen-bond donors (Lipinski definition) is 4. The quantitative estimate of drug-likeness (QED) is 0.232. The molecular formula is C16H10N2O14S4. The molecule has 0 aliphatic carbocycles. The Labute approximate surface area is 200 Å². The van der Waals surface area contributed by atoms with Crippen LogP contribution in [0.25, 0.3) is 34.4 Å². The molecule has 0 atom stereocenters. The summed E-state index contributed by atoms with van der Waals surface area (Å²) in [5, 5.41) is 0. The van der Waals surface area contributed by atoms with Gasteiger partial charge in [-0.05, 0) is 12.1 Å². The van der Waals surface area contributed by atoms with Crippen LogP contribution in [-0.4, -0.2) is 61.9 Å². The van der Waals surface area contributed by atoms with Gasteiger partial charge in [0.1, 0.15) is 20.8 Å². The van der Waals surface area contributed by atoms with Gasteiger partial charge in [-0.15, -0.1) is 0 Å². The van der Waals surface area contributed by atoms with E-state index in [4.69, 9.17) is 8.83 Å². The minimum Gasteiger partial charge on any atom is -0.437 e. The second kappa shape index (κ2) is 8.14. The van der Waals surface area contributed by atoms with Crippen molar-refractivity contribution in [2.24, 2.45) is 0 Å². The van der Waals surface area contributed by atoms with Crippen molar-refractivity contribution < 1.29 is 60.7 Å². The zero-order chi connectivity index (χ0) is 26.8. The van der Waals surface area contributed by atoms with E-state index in [1.165, 1.54) is 0 Å². The second-order valence-electron chi connectivity index (χ2n) is 6.87. The minimum atomic E-state index is -5.02. The molecule has 2 heterocycles. The van der Waals surface area contributed by atoms with E-state index in [1.54, 1.807) is 0 Å². The van der Waals surface area contributed by atoms with Crippen LogP contribution in [0.4, 0.5) is 0 Å². The Hall–Kier alpha value is -3.24. The Morgan fingerprint density at radius 1 is 0.556 bits per heavy atom. The summed E-state index contributed by atoms with van der Waals surface area (Å²) >= 11 is 0. The standard InChI is InChI=1S/C16H10N2O14S4/c19-33(20,21)7-3-9-15(11(5-7)35(25,26)27)17-13(31-9)1-2-14-18-16-10(32-14)4-8(34(22,23)24)6-12(16)36(28,29)30/h1-6H,(H,19,20,21)(H,22,23,24)(H,25,26,27)(H,28,29,30)/b2-1+. The average Bonchev–Trinajstić information content (AvgIpc) is 3.30. The second-order valence-corrected chi connectivity index (χ2v) is 12.5. The van der Waals surface area contributed by atoms with Crippen molar-refractivity contribution >= 4 is 74.8 Å². The highest BCUT2D eigenvalue weighted by Gasteiger charge is 2.25. The Balaban J connectivity index is 1.86. The van der Waals surface area contributed by atoms with Crippen LogP contribution in [0.15, 0.2) is 52.7 Å². The molecule has 0 amide bonds. The van der Waals surface area contributed by atoms with Gasteiger partial charge in [-0.2, -0.15) is 33.7 Å². The molecule has 4 rings (SSSR count). The predicted octanol–water partition coefficient (Wildman–Crippen LogP) is 1.13. The molecule has 0 spiro atoms. The molecule has 0 aliphatic rings. The van der Waals surface area contributed by atoms with Crippen molar-refractivity contribution in [3.63, 3.8) is 0 Å². The van der Waals surface area contributed by atoms with Crippen LogP contribution in [0, 0.1) is 0 Å². The van der Waals surface area contributed by atoms with Gasteiger partial charge in [0, 0.05) is 24.3 Å². The highest BCUT2D eigenvalue weighted by Crippen LogP contribution is 2.30. The summed E-state index contributed by atoms with van der Waals surface area (Å²) in [6.07, 6.45) is 1.98. The van der Waals surface area contributed by atoms with Crippen molar-refractivity contribution in [3.8, 4) is 0 Å². The number of fused-ring (bicyclic) bond motifs is 2. The minimum absolute atomic E-state index is 0.404. The third kappa shape index (κ3) is 5.01. The molecule has 20 heteroatoms. The zero-order valence-corrected chi connectivity index (χ0v) is 20.1. The SMILES string of the molecule is O=S(=O)(O)c1cc(S(=O)(=O)O)c2nc(/C=C/c3nc4c(S(=O)(=O)O)cc(S(=O)(=O)O)cc4o3)oc2c1. The number of aromatic nitrogens is 2. The van der Waals surface area contributed by atoms with E-state index in [9.17, 15) is 51.9 Å². The van der Waals surface area contributed by atoms with E-state index in [0.29, 0.717) is 12.1 Å². The van der Waals surface area contributed by atoms with Gasteiger partial charge in [-0.1, -0.05) is 0 Å². The third-order valence-electron chi connectivity index (χ3n) is 4.42. The third-order valence-corrected chi connectivity index (χ3v) is 7.82. The summed E-state index contributed by atoms with van der Waals surface area (Å²) in [5.74, 6) is -0.809. The topological polar surface area (TPSA) is 270 Å². The van der Waals surface area contributed by atoms with Gasteiger partial charge in [0.25, 0.3) is 40.5 Å². The summed E-state index contributed by atoms with van der Waals surface area (Å²) < 4.78 is 140. The highest BCUT2D eigenvalue weighted by atomic mass is 32.2. The first kappa shape index (κ1) is 25.8. The van der Waals surface area contributed by atoms with Crippen molar-refractivity contribution in [2.45, 2.75) is 19.6 Å². The maximum Gasteiger partial charge on any atom is 0.296 e. The normalized spacial score (nSPS) is 13.8. The van der Waals surface area contributed by atoms with Gasteiger partial charge in [0.2, 0.25) is 11.8 Å². The van der Waals surface area contributed by atoms with Gasteiger partial charge in [-0.25, -0.2) is 9.97 Å². The van der Waals surface area contributed by atoms with E-state index in [-0.39, 0.29) is 0 Å². The molecule has 0 aliphatic heterocycles. The lowest BCUT2D eigenvalue weighted by atomic mass is 10.3. The van der Waals surface area contributed by atoms with E-state index in [1.807, 2.05) is 0 Å². The molecule has 0 saturated carbocycles. The summed E-state index contributed by atoms with van der Waals surface area (Å²) in [6.45, 7) is 0. The van der Waals surface area contributed by atoms with Crippen LogP contribution in [0.5, 0.6) is 0 Å².